The summed E-state index contributed by atoms with van der Waals surface area (Å²) in [4.78, 5) is 18.5. The Balaban J connectivity index is 2.14. The third-order valence-corrected chi connectivity index (χ3v) is 3.53. The molecule has 1 aromatic carbocycles. The van der Waals surface area contributed by atoms with Gasteiger partial charge in [-0.25, -0.2) is 14.2 Å². The van der Waals surface area contributed by atoms with Gasteiger partial charge in [0.25, 0.3) is 0 Å². The molecule has 2 atom stereocenters. The molecule has 1 fully saturated rings. The van der Waals surface area contributed by atoms with Crippen molar-refractivity contribution in [1.29, 1.82) is 0 Å². The molecule has 1 aromatic heterocycles. The second kappa shape index (κ2) is 4.31. The summed E-state index contributed by atoms with van der Waals surface area (Å²) in [5, 5.41) is 9.09. The van der Waals surface area contributed by atoms with Crippen LogP contribution < -0.4 is 0 Å². The van der Waals surface area contributed by atoms with Crippen molar-refractivity contribution in [2.75, 3.05) is 6.61 Å². The molecule has 0 amide bonds. The Morgan fingerprint density at radius 2 is 2.37 bits per heavy atom. The molecule has 1 saturated heterocycles. The third kappa shape index (κ3) is 1.98. The normalized spacial score (nSPS) is 23.1. The minimum absolute atomic E-state index is 0.0266. The predicted molar refractivity (Wildman–Crippen MR) is 65.8 cm³/mol. The molecule has 2 heterocycles. The number of aromatic amines is 1. The van der Waals surface area contributed by atoms with Gasteiger partial charge in [-0.1, -0.05) is 0 Å². The van der Waals surface area contributed by atoms with Crippen molar-refractivity contribution < 1.29 is 19.0 Å². The second-order valence-corrected chi connectivity index (χ2v) is 4.75. The van der Waals surface area contributed by atoms with Crippen LogP contribution in [0.25, 0.3) is 11.0 Å². The summed E-state index contributed by atoms with van der Waals surface area (Å²) in [5.74, 6) is -1.01. The smallest absolute Gasteiger partial charge is 0.338 e. The van der Waals surface area contributed by atoms with Gasteiger partial charge in [0.1, 0.15) is 17.2 Å². The van der Waals surface area contributed by atoms with E-state index in [9.17, 15) is 9.18 Å². The average molecular weight is 264 g/mol. The van der Waals surface area contributed by atoms with Crippen LogP contribution in [0.2, 0.25) is 0 Å². The monoisotopic (exact) mass is 264 g/mol. The van der Waals surface area contributed by atoms with Gasteiger partial charge in [-0.3, -0.25) is 0 Å². The number of halogens is 1. The summed E-state index contributed by atoms with van der Waals surface area (Å²) in [6.07, 6.45) is 0.852. The van der Waals surface area contributed by atoms with Crippen molar-refractivity contribution in [2.24, 2.45) is 0 Å². The summed E-state index contributed by atoms with van der Waals surface area (Å²) in [6.45, 7) is 2.60. The highest BCUT2D eigenvalue weighted by molar-refractivity contribution is 6.01. The van der Waals surface area contributed by atoms with Gasteiger partial charge in [0.2, 0.25) is 0 Å². The Hall–Kier alpha value is -1.95. The summed E-state index contributed by atoms with van der Waals surface area (Å²) >= 11 is 0. The molecule has 5 nitrogen and oxygen atoms in total. The van der Waals surface area contributed by atoms with Crippen LogP contribution in [0.3, 0.4) is 0 Å². The zero-order valence-electron chi connectivity index (χ0n) is 10.3. The molecule has 19 heavy (non-hydrogen) atoms. The fraction of sp³-hybridized carbons (Fsp3) is 0.385. The first-order chi connectivity index (χ1) is 9.06. The summed E-state index contributed by atoms with van der Waals surface area (Å²) in [7, 11) is 0. The Morgan fingerprint density at radius 1 is 1.58 bits per heavy atom. The molecule has 6 heteroatoms. The Labute approximate surface area is 108 Å². The van der Waals surface area contributed by atoms with Crippen LogP contribution in [0.15, 0.2) is 12.1 Å². The van der Waals surface area contributed by atoms with E-state index in [1.165, 1.54) is 6.07 Å². The van der Waals surface area contributed by atoms with Crippen LogP contribution in [0.5, 0.6) is 0 Å². The van der Waals surface area contributed by atoms with Crippen LogP contribution in [-0.4, -0.2) is 33.8 Å². The summed E-state index contributed by atoms with van der Waals surface area (Å²) in [6, 6.07) is 2.25. The lowest BCUT2D eigenvalue weighted by Gasteiger charge is -2.10. The van der Waals surface area contributed by atoms with Gasteiger partial charge in [-0.15, -0.1) is 0 Å². The molecule has 1 aliphatic rings. The number of aromatic carboxylic acids is 1. The number of carboxylic acid groups (broad SMARTS) is 1. The standard InChI is InChI=1S/C13H13FN2O3/c1-6-8(2-3-19-6)12-15-10-5-7(14)4-9(13(17)18)11(10)16-12/h4-6,8H,2-3H2,1H3,(H,15,16)(H,17,18). The number of hydrogen-bond acceptors (Lipinski definition) is 3. The van der Waals surface area contributed by atoms with Gasteiger partial charge in [0.15, 0.2) is 0 Å². The Morgan fingerprint density at radius 3 is 3.00 bits per heavy atom. The molecule has 0 aliphatic carbocycles. The van der Waals surface area contributed by atoms with Gasteiger partial charge >= 0.3 is 5.97 Å². The maximum atomic E-state index is 13.4. The first-order valence-electron chi connectivity index (χ1n) is 6.10. The molecule has 2 aromatic rings. The SMILES string of the molecule is CC1OCCC1c1nc2c(C(=O)O)cc(F)cc2[nH]1. The molecule has 3 rings (SSSR count). The fourth-order valence-electron chi connectivity index (χ4n) is 2.53. The lowest BCUT2D eigenvalue weighted by atomic mass is 10.0. The van der Waals surface area contributed by atoms with E-state index >= 15 is 0 Å². The predicted octanol–water partition coefficient (Wildman–Crippen LogP) is 2.29. The van der Waals surface area contributed by atoms with Crippen molar-refractivity contribution in [3.05, 3.63) is 29.3 Å². The number of hydrogen-bond donors (Lipinski definition) is 2. The molecule has 2 unspecified atom stereocenters. The average Bonchev–Trinajstić information content (AvgIpc) is 2.93. The minimum atomic E-state index is -1.18. The molecule has 100 valence electrons. The second-order valence-electron chi connectivity index (χ2n) is 4.75. The lowest BCUT2D eigenvalue weighted by Crippen LogP contribution is -2.10. The van der Waals surface area contributed by atoms with Gasteiger partial charge in [-0.2, -0.15) is 0 Å². The number of nitrogens with one attached hydrogen (secondary N) is 1. The highest BCUT2D eigenvalue weighted by atomic mass is 19.1. The van der Waals surface area contributed by atoms with Crippen LogP contribution in [-0.2, 0) is 4.74 Å². The van der Waals surface area contributed by atoms with E-state index in [2.05, 4.69) is 9.97 Å². The van der Waals surface area contributed by atoms with Crippen LogP contribution in [0.4, 0.5) is 4.39 Å². The number of fused-ring (bicyclic) bond motifs is 1. The zero-order valence-corrected chi connectivity index (χ0v) is 10.3. The van der Waals surface area contributed by atoms with Gasteiger partial charge in [-0.05, 0) is 25.5 Å². The summed E-state index contributed by atoms with van der Waals surface area (Å²) in [5.41, 5.74) is 0.582. The number of aromatic nitrogens is 2. The van der Waals surface area contributed by atoms with Gasteiger partial charge in [0.05, 0.1) is 17.2 Å². The molecular formula is C13H13FN2O3. The first-order valence-corrected chi connectivity index (χ1v) is 6.10. The van der Waals surface area contributed by atoms with Crippen molar-refractivity contribution in [2.45, 2.75) is 25.4 Å². The van der Waals surface area contributed by atoms with E-state index in [-0.39, 0.29) is 17.6 Å². The van der Waals surface area contributed by atoms with E-state index in [0.29, 0.717) is 23.5 Å². The number of carbonyl (C=O) groups is 1. The minimum Gasteiger partial charge on any atom is -0.478 e. The van der Waals surface area contributed by atoms with Crippen molar-refractivity contribution in [3.63, 3.8) is 0 Å². The molecule has 0 saturated carbocycles. The fourth-order valence-corrected chi connectivity index (χ4v) is 2.53. The number of ether oxygens (including phenoxy) is 1. The maximum Gasteiger partial charge on any atom is 0.338 e. The summed E-state index contributed by atoms with van der Waals surface area (Å²) < 4.78 is 18.9. The number of H-pyrrole nitrogens is 1. The number of benzene rings is 1. The number of carboxylic acids is 1. The van der Waals surface area contributed by atoms with E-state index in [1.54, 1.807) is 0 Å². The highest BCUT2D eigenvalue weighted by Gasteiger charge is 2.29. The van der Waals surface area contributed by atoms with E-state index < -0.39 is 11.8 Å². The molecule has 0 radical (unpaired) electrons. The number of nitrogens with zero attached hydrogens (tertiary/aromatic N) is 1. The van der Waals surface area contributed by atoms with E-state index in [1.807, 2.05) is 6.92 Å². The maximum absolute atomic E-state index is 13.4. The molecule has 2 N–H and O–H groups in total. The van der Waals surface area contributed by atoms with Gasteiger partial charge in [0, 0.05) is 12.5 Å². The number of imidazole rings is 1. The van der Waals surface area contributed by atoms with Crippen molar-refractivity contribution in [1.82, 2.24) is 9.97 Å². The van der Waals surface area contributed by atoms with E-state index in [0.717, 1.165) is 12.5 Å². The lowest BCUT2D eigenvalue weighted by molar-refractivity contribution is 0.0698. The highest BCUT2D eigenvalue weighted by Crippen LogP contribution is 2.31. The van der Waals surface area contributed by atoms with Crippen LogP contribution >= 0.6 is 0 Å². The van der Waals surface area contributed by atoms with E-state index in [4.69, 9.17) is 9.84 Å². The van der Waals surface area contributed by atoms with Crippen molar-refractivity contribution in [3.8, 4) is 0 Å². The zero-order chi connectivity index (χ0) is 13.6. The molecule has 0 spiro atoms. The molecular weight excluding hydrogens is 251 g/mol. The quantitative estimate of drug-likeness (QED) is 0.872. The Kier molecular flexibility index (Phi) is 2.74. The van der Waals surface area contributed by atoms with Crippen molar-refractivity contribution >= 4 is 17.0 Å². The van der Waals surface area contributed by atoms with Crippen LogP contribution in [0, 0.1) is 5.82 Å². The molecule has 0 bridgehead atoms. The first kappa shape index (κ1) is 12.1. The van der Waals surface area contributed by atoms with Crippen LogP contribution in [0.1, 0.15) is 35.4 Å². The largest absolute Gasteiger partial charge is 0.478 e. The van der Waals surface area contributed by atoms with Gasteiger partial charge < -0.3 is 14.8 Å². The Bertz CT molecular complexity index is 653. The molecule has 1 aliphatic heterocycles. The number of rotatable bonds is 2. The topological polar surface area (TPSA) is 75.2 Å². The third-order valence-electron chi connectivity index (χ3n) is 3.53.